The van der Waals surface area contributed by atoms with E-state index < -0.39 is 0 Å². The molecule has 4 aromatic rings. The van der Waals surface area contributed by atoms with Crippen molar-refractivity contribution in [2.45, 2.75) is 11.9 Å². The van der Waals surface area contributed by atoms with E-state index in [4.69, 9.17) is 23.2 Å². The highest BCUT2D eigenvalue weighted by Crippen LogP contribution is 2.28. The molecule has 0 unspecified atom stereocenters. The number of rotatable bonds is 5. The predicted molar refractivity (Wildman–Crippen MR) is 115 cm³/mol. The van der Waals surface area contributed by atoms with Gasteiger partial charge < -0.3 is 5.32 Å². The summed E-state index contributed by atoms with van der Waals surface area (Å²) in [6.45, 7) is 1.74. The van der Waals surface area contributed by atoms with Gasteiger partial charge in [0.2, 0.25) is 5.91 Å². The molecule has 146 valence electrons. The van der Waals surface area contributed by atoms with Crippen molar-refractivity contribution in [3.63, 3.8) is 0 Å². The molecule has 0 radical (unpaired) electrons. The number of aryl methyl sites for hydroxylation is 1. The third-order valence-corrected chi connectivity index (χ3v) is 5.71. The Morgan fingerprint density at radius 2 is 1.97 bits per heavy atom. The quantitative estimate of drug-likeness (QED) is 0.358. The fourth-order valence-electron chi connectivity index (χ4n) is 2.64. The van der Waals surface area contributed by atoms with Crippen molar-refractivity contribution in [2.24, 2.45) is 0 Å². The zero-order valence-electron chi connectivity index (χ0n) is 15.1. The number of benzene rings is 1. The number of halogens is 2. The number of nitrogens with one attached hydrogen (secondary N) is 1. The number of thioether (sulfide) groups is 1. The van der Waals surface area contributed by atoms with Crippen LogP contribution in [0.25, 0.3) is 16.7 Å². The molecular formula is C19H14Cl2N6OS. The summed E-state index contributed by atoms with van der Waals surface area (Å²) in [5.74, 6) is 0.153. The van der Waals surface area contributed by atoms with Gasteiger partial charge in [0, 0.05) is 0 Å². The van der Waals surface area contributed by atoms with E-state index in [0.29, 0.717) is 21.4 Å². The molecule has 1 aromatic carbocycles. The molecule has 10 heteroatoms. The van der Waals surface area contributed by atoms with Crippen LogP contribution in [-0.2, 0) is 4.79 Å². The van der Waals surface area contributed by atoms with Crippen LogP contribution in [0.4, 0.5) is 5.82 Å². The van der Waals surface area contributed by atoms with Crippen LogP contribution in [-0.4, -0.2) is 36.4 Å². The van der Waals surface area contributed by atoms with Crippen molar-refractivity contribution in [3.05, 3.63) is 64.7 Å². The van der Waals surface area contributed by atoms with Crippen LogP contribution >= 0.6 is 35.0 Å². The standard InChI is InChI=1S/C19H14Cl2N6OS/c1-11-14(20)7-15(21)17(25-11)26-16(28)9-29-19-13-8-24-27(18(13)22-10-23-19)12-5-3-2-4-6-12/h2-8,10H,9H2,1H3,(H,25,26,28). The smallest absolute Gasteiger partial charge is 0.235 e. The summed E-state index contributed by atoms with van der Waals surface area (Å²) in [5.41, 5.74) is 2.16. The van der Waals surface area contributed by atoms with E-state index in [0.717, 1.165) is 11.1 Å². The summed E-state index contributed by atoms with van der Waals surface area (Å²) in [6, 6.07) is 11.2. The zero-order valence-corrected chi connectivity index (χ0v) is 17.5. The molecule has 0 aliphatic rings. The first-order valence-electron chi connectivity index (χ1n) is 8.52. The number of pyridine rings is 1. The SMILES string of the molecule is Cc1nc(NC(=O)CSc2ncnc3c2cnn3-c2ccccc2)c(Cl)cc1Cl. The molecule has 0 saturated carbocycles. The first-order valence-corrected chi connectivity index (χ1v) is 10.3. The highest BCUT2D eigenvalue weighted by Gasteiger charge is 2.14. The van der Waals surface area contributed by atoms with Gasteiger partial charge >= 0.3 is 0 Å². The molecule has 1 N–H and O–H groups in total. The third-order valence-electron chi connectivity index (χ3n) is 4.03. The molecule has 0 aliphatic carbocycles. The lowest BCUT2D eigenvalue weighted by molar-refractivity contribution is -0.113. The summed E-state index contributed by atoms with van der Waals surface area (Å²) in [5, 5.41) is 9.28. The van der Waals surface area contributed by atoms with Crippen LogP contribution in [0, 0.1) is 6.92 Å². The summed E-state index contributed by atoms with van der Waals surface area (Å²) in [4.78, 5) is 25.2. The van der Waals surface area contributed by atoms with Crippen LogP contribution < -0.4 is 5.32 Å². The molecule has 0 saturated heterocycles. The van der Waals surface area contributed by atoms with Gasteiger partial charge in [-0.05, 0) is 25.1 Å². The van der Waals surface area contributed by atoms with E-state index in [2.05, 4.69) is 25.4 Å². The first kappa shape index (κ1) is 19.6. The fourth-order valence-corrected chi connectivity index (χ4v) is 3.81. The molecule has 0 atom stereocenters. The lowest BCUT2D eigenvalue weighted by atomic mass is 10.3. The van der Waals surface area contributed by atoms with Gasteiger partial charge in [-0.2, -0.15) is 5.10 Å². The molecular weight excluding hydrogens is 431 g/mol. The van der Waals surface area contributed by atoms with E-state index in [1.54, 1.807) is 23.9 Å². The minimum Gasteiger partial charge on any atom is -0.309 e. The number of para-hydroxylation sites is 1. The first-order chi connectivity index (χ1) is 14.0. The number of carbonyl (C=O) groups excluding carboxylic acids is 1. The van der Waals surface area contributed by atoms with Crippen LogP contribution in [0.2, 0.25) is 10.0 Å². The molecule has 0 spiro atoms. The topological polar surface area (TPSA) is 85.6 Å². The molecule has 0 bridgehead atoms. The number of aromatic nitrogens is 5. The maximum Gasteiger partial charge on any atom is 0.235 e. The Labute approximate surface area is 180 Å². The van der Waals surface area contributed by atoms with Crippen LogP contribution in [0.1, 0.15) is 5.69 Å². The van der Waals surface area contributed by atoms with E-state index in [9.17, 15) is 4.79 Å². The third kappa shape index (κ3) is 4.19. The van der Waals surface area contributed by atoms with E-state index in [-0.39, 0.29) is 22.5 Å². The monoisotopic (exact) mass is 444 g/mol. The van der Waals surface area contributed by atoms with Gasteiger partial charge in [0.15, 0.2) is 11.5 Å². The summed E-state index contributed by atoms with van der Waals surface area (Å²) in [7, 11) is 0. The Bertz CT molecular complexity index is 1200. The number of anilines is 1. The zero-order chi connectivity index (χ0) is 20.4. The Hall–Kier alpha value is -2.68. The average Bonchev–Trinajstić information content (AvgIpc) is 3.16. The highest BCUT2D eigenvalue weighted by atomic mass is 35.5. The van der Waals surface area contributed by atoms with Gasteiger partial charge in [-0.3, -0.25) is 4.79 Å². The molecule has 0 aliphatic heterocycles. The number of hydrogen-bond donors (Lipinski definition) is 1. The van der Waals surface area contributed by atoms with E-state index >= 15 is 0 Å². The van der Waals surface area contributed by atoms with Gasteiger partial charge in [-0.25, -0.2) is 19.6 Å². The molecule has 7 nitrogen and oxygen atoms in total. The van der Waals surface area contributed by atoms with Gasteiger partial charge in [0.25, 0.3) is 0 Å². The predicted octanol–water partition coefficient (Wildman–Crippen LogP) is 4.56. The molecule has 4 rings (SSSR count). The van der Waals surface area contributed by atoms with Gasteiger partial charge in [0.05, 0.1) is 38.8 Å². The number of nitrogens with zero attached hydrogens (tertiary/aromatic N) is 5. The van der Waals surface area contributed by atoms with Crippen molar-refractivity contribution in [1.29, 1.82) is 0 Å². The molecule has 3 heterocycles. The van der Waals surface area contributed by atoms with Gasteiger partial charge in [-0.1, -0.05) is 53.2 Å². The van der Waals surface area contributed by atoms with Crippen LogP contribution in [0.15, 0.2) is 53.9 Å². The maximum absolute atomic E-state index is 12.4. The summed E-state index contributed by atoms with van der Waals surface area (Å²) < 4.78 is 1.74. The number of carbonyl (C=O) groups is 1. The normalized spacial score (nSPS) is 11.0. The second-order valence-electron chi connectivity index (χ2n) is 6.03. The Kier molecular flexibility index (Phi) is 5.66. The van der Waals surface area contributed by atoms with E-state index in [1.807, 2.05) is 30.3 Å². The van der Waals surface area contributed by atoms with Gasteiger partial charge in [-0.15, -0.1) is 0 Å². The van der Waals surface area contributed by atoms with Crippen molar-refractivity contribution >= 4 is 57.7 Å². The Balaban J connectivity index is 1.51. The molecule has 0 fully saturated rings. The largest absolute Gasteiger partial charge is 0.309 e. The Morgan fingerprint density at radius 1 is 1.17 bits per heavy atom. The van der Waals surface area contributed by atoms with Crippen molar-refractivity contribution in [1.82, 2.24) is 24.7 Å². The minimum absolute atomic E-state index is 0.127. The molecule has 29 heavy (non-hydrogen) atoms. The average molecular weight is 445 g/mol. The van der Waals surface area contributed by atoms with Crippen molar-refractivity contribution in [2.75, 3.05) is 11.1 Å². The summed E-state index contributed by atoms with van der Waals surface area (Å²) >= 11 is 13.4. The van der Waals surface area contributed by atoms with Crippen LogP contribution in [0.3, 0.4) is 0 Å². The van der Waals surface area contributed by atoms with Crippen molar-refractivity contribution in [3.8, 4) is 5.69 Å². The lowest BCUT2D eigenvalue weighted by Gasteiger charge is -2.08. The summed E-state index contributed by atoms with van der Waals surface area (Å²) in [6.07, 6.45) is 3.16. The molecule has 1 amide bonds. The van der Waals surface area contributed by atoms with Gasteiger partial charge in [0.1, 0.15) is 11.4 Å². The fraction of sp³-hybridized carbons (Fsp3) is 0.105. The highest BCUT2D eigenvalue weighted by molar-refractivity contribution is 8.00. The number of fused-ring (bicyclic) bond motifs is 1. The number of hydrogen-bond acceptors (Lipinski definition) is 6. The number of amides is 1. The van der Waals surface area contributed by atoms with Crippen molar-refractivity contribution < 1.29 is 4.79 Å². The maximum atomic E-state index is 12.4. The lowest BCUT2D eigenvalue weighted by Crippen LogP contribution is -2.16. The van der Waals surface area contributed by atoms with Crippen LogP contribution in [0.5, 0.6) is 0 Å². The second kappa shape index (κ2) is 8.36. The second-order valence-corrected chi connectivity index (χ2v) is 7.81. The van der Waals surface area contributed by atoms with E-state index in [1.165, 1.54) is 18.1 Å². The molecule has 3 aromatic heterocycles. The Morgan fingerprint density at radius 3 is 2.76 bits per heavy atom. The minimum atomic E-state index is -0.256.